The summed E-state index contributed by atoms with van der Waals surface area (Å²) in [5.74, 6) is 0.349. The van der Waals surface area contributed by atoms with Crippen LogP contribution in [0.1, 0.15) is 12.8 Å². The standard InChI is InChI=1S/C9H14ClNO4S/c10-2-1-3-16-6-4-7(8(12)13)11(5-6)9(14)15/h6-7H,1-5H2,(H,12,13)(H,14,15)/t6-,7+/m1/s1. The van der Waals surface area contributed by atoms with Gasteiger partial charge in [-0.1, -0.05) is 0 Å². The minimum absolute atomic E-state index is 0.0698. The molecule has 1 aliphatic heterocycles. The number of nitrogens with zero attached hydrogens (tertiary/aromatic N) is 1. The van der Waals surface area contributed by atoms with E-state index >= 15 is 0 Å². The molecule has 7 heteroatoms. The van der Waals surface area contributed by atoms with E-state index in [0.29, 0.717) is 18.8 Å². The largest absolute Gasteiger partial charge is 0.480 e. The second-order valence-electron chi connectivity index (χ2n) is 3.56. The number of likely N-dealkylation sites (tertiary alicyclic amines) is 1. The quantitative estimate of drug-likeness (QED) is 0.584. The number of alkyl halides is 1. The lowest BCUT2D eigenvalue weighted by Gasteiger charge is -2.16. The molecular weight excluding hydrogens is 254 g/mol. The Morgan fingerprint density at radius 1 is 1.44 bits per heavy atom. The summed E-state index contributed by atoms with van der Waals surface area (Å²) in [6.07, 6.45) is 0.0788. The van der Waals surface area contributed by atoms with E-state index in [9.17, 15) is 9.59 Å². The molecule has 1 aliphatic rings. The summed E-state index contributed by atoms with van der Waals surface area (Å²) in [7, 11) is 0. The van der Waals surface area contributed by atoms with Crippen LogP contribution in [0, 0.1) is 0 Å². The molecule has 0 radical (unpaired) electrons. The molecule has 0 saturated carbocycles. The number of carboxylic acid groups (broad SMARTS) is 2. The average Bonchev–Trinajstić information content (AvgIpc) is 2.62. The van der Waals surface area contributed by atoms with Gasteiger partial charge in [0.1, 0.15) is 6.04 Å². The highest BCUT2D eigenvalue weighted by Crippen LogP contribution is 2.28. The highest BCUT2D eigenvalue weighted by atomic mass is 35.5. The van der Waals surface area contributed by atoms with Crippen LogP contribution in [0.4, 0.5) is 4.79 Å². The lowest BCUT2D eigenvalue weighted by molar-refractivity contribution is -0.141. The summed E-state index contributed by atoms with van der Waals surface area (Å²) < 4.78 is 0. The summed E-state index contributed by atoms with van der Waals surface area (Å²) >= 11 is 7.13. The highest BCUT2D eigenvalue weighted by Gasteiger charge is 2.39. The van der Waals surface area contributed by atoms with Gasteiger partial charge in [-0.15, -0.1) is 11.6 Å². The number of hydrogen-bond acceptors (Lipinski definition) is 3. The second kappa shape index (κ2) is 6.20. The smallest absolute Gasteiger partial charge is 0.408 e. The van der Waals surface area contributed by atoms with Crippen molar-refractivity contribution >= 4 is 35.4 Å². The van der Waals surface area contributed by atoms with Crippen LogP contribution in [0.15, 0.2) is 0 Å². The number of halogens is 1. The van der Waals surface area contributed by atoms with Crippen molar-refractivity contribution in [3.8, 4) is 0 Å². The molecule has 0 aromatic carbocycles. The van der Waals surface area contributed by atoms with Crippen LogP contribution >= 0.6 is 23.4 Å². The number of aliphatic carboxylic acids is 1. The summed E-state index contributed by atoms with van der Waals surface area (Å²) in [6.45, 7) is 0.291. The minimum Gasteiger partial charge on any atom is -0.480 e. The molecule has 0 spiro atoms. The minimum atomic E-state index is -1.16. The van der Waals surface area contributed by atoms with Crippen molar-refractivity contribution in [3.63, 3.8) is 0 Å². The summed E-state index contributed by atoms with van der Waals surface area (Å²) in [4.78, 5) is 22.7. The van der Waals surface area contributed by atoms with Crippen LogP contribution in [-0.4, -0.2) is 56.6 Å². The molecule has 92 valence electrons. The summed E-state index contributed by atoms with van der Waals surface area (Å²) in [5.41, 5.74) is 0. The maximum atomic E-state index is 10.9. The van der Waals surface area contributed by atoms with Gasteiger partial charge in [0.05, 0.1) is 0 Å². The van der Waals surface area contributed by atoms with Gasteiger partial charge in [0.25, 0.3) is 0 Å². The number of thioether (sulfide) groups is 1. The fourth-order valence-corrected chi connectivity index (χ4v) is 3.19. The predicted octanol–water partition coefficient (Wildman–Crippen LogP) is 1.55. The molecule has 1 rings (SSSR count). The van der Waals surface area contributed by atoms with Crippen LogP contribution in [0.3, 0.4) is 0 Å². The average molecular weight is 268 g/mol. The fourth-order valence-electron chi connectivity index (χ4n) is 1.67. The lowest BCUT2D eigenvalue weighted by atomic mass is 10.2. The maximum absolute atomic E-state index is 10.9. The van der Waals surface area contributed by atoms with Gasteiger partial charge >= 0.3 is 12.1 Å². The van der Waals surface area contributed by atoms with Crippen molar-refractivity contribution < 1.29 is 19.8 Å². The Kier molecular flexibility index (Phi) is 5.21. The second-order valence-corrected chi connectivity index (χ2v) is 5.35. The van der Waals surface area contributed by atoms with E-state index in [0.717, 1.165) is 17.1 Å². The molecule has 0 unspecified atom stereocenters. The number of carboxylic acids is 1. The van der Waals surface area contributed by atoms with Gasteiger partial charge in [0.2, 0.25) is 0 Å². The SMILES string of the molecule is O=C(O)[C@@H]1C[C@@H](SCCCCl)CN1C(=O)O. The van der Waals surface area contributed by atoms with Gasteiger partial charge in [-0.25, -0.2) is 9.59 Å². The van der Waals surface area contributed by atoms with Crippen LogP contribution in [0.25, 0.3) is 0 Å². The number of amides is 1. The molecule has 0 aliphatic carbocycles. The van der Waals surface area contributed by atoms with E-state index in [2.05, 4.69) is 0 Å². The Morgan fingerprint density at radius 3 is 2.56 bits per heavy atom. The monoisotopic (exact) mass is 267 g/mol. The van der Waals surface area contributed by atoms with Gasteiger partial charge in [-0.2, -0.15) is 11.8 Å². The zero-order chi connectivity index (χ0) is 12.1. The first-order valence-corrected chi connectivity index (χ1v) is 6.54. The zero-order valence-electron chi connectivity index (χ0n) is 8.63. The first-order chi connectivity index (χ1) is 7.56. The molecule has 1 heterocycles. The lowest BCUT2D eigenvalue weighted by Crippen LogP contribution is -2.39. The van der Waals surface area contributed by atoms with Gasteiger partial charge in [-0.3, -0.25) is 4.90 Å². The van der Waals surface area contributed by atoms with Crippen LogP contribution < -0.4 is 0 Å². The van der Waals surface area contributed by atoms with E-state index in [-0.39, 0.29) is 5.25 Å². The number of rotatable bonds is 5. The van der Waals surface area contributed by atoms with Crippen molar-refractivity contribution in [2.75, 3.05) is 18.2 Å². The van der Waals surface area contributed by atoms with Crippen molar-refractivity contribution in [1.82, 2.24) is 4.90 Å². The Labute approximate surface area is 103 Å². The summed E-state index contributed by atoms with van der Waals surface area (Å²) in [5, 5.41) is 17.8. The number of carbonyl (C=O) groups is 2. The Morgan fingerprint density at radius 2 is 2.12 bits per heavy atom. The van der Waals surface area contributed by atoms with Crippen molar-refractivity contribution in [2.24, 2.45) is 0 Å². The molecule has 0 bridgehead atoms. The highest BCUT2D eigenvalue weighted by molar-refractivity contribution is 7.99. The predicted molar refractivity (Wildman–Crippen MR) is 62.4 cm³/mol. The molecule has 0 aromatic rings. The Hall–Kier alpha value is -0.620. The van der Waals surface area contributed by atoms with Crippen LogP contribution in [0.2, 0.25) is 0 Å². The molecule has 0 aromatic heterocycles. The van der Waals surface area contributed by atoms with E-state index < -0.39 is 18.1 Å². The van der Waals surface area contributed by atoms with Crippen LogP contribution in [-0.2, 0) is 4.79 Å². The van der Waals surface area contributed by atoms with Gasteiger partial charge in [-0.05, 0) is 18.6 Å². The van der Waals surface area contributed by atoms with E-state index in [4.69, 9.17) is 21.8 Å². The zero-order valence-corrected chi connectivity index (χ0v) is 10.2. The topological polar surface area (TPSA) is 77.8 Å². The third-order valence-electron chi connectivity index (χ3n) is 2.42. The van der Waals surface area contributed by atoms with Crippen molar-refractivity contribution in [3.05, 3.63) is 0 Å². The van der Waals surface area contributed by atoms with E-state index in [1.807, 2.05) is 0 Å². The molecule has 16 heavy (non-hydrogen) atoms. The molecule has 1 amide bonds. The molecule has 1 fully saturated rings. The van der Waals surface area contributed by atoms with Crippen LogP contribution in [0.5, 0.6) is 0 Å². The third kappa shape index (κ3) is 3.45. The van der Waals surface area contributed by atoms with Gasteiger partial charge in [0.15, 0.2) is 0 Å². The Bertz CT molecular complexity index is 254. The maximum Gasteiger partial charge on any atom is 0.408 e. The van der Waals surface area contributed by atoms with E-state index in [1.54, 1.807) is 11.8 Å². The summed E-state index contributed by atoms with van der Waals surface area (Å²) in [6, 6.07) is -0.897. The molecule has 1 saturated heterocycles. The molecule has 2 atom stereocenters. The first-order valence-electron chi connectivity index (χ1n) is 4.96. The fraction of sp³-hybridized carbons (Fsp3) is 0.778. The first kappa shape index (κ1) is 13.4. The van der Waals surface area contributed by atoms with E-state index in [1.165, 1.54) is 0 Å². The van der Waals surface area contributed by atoms with Crippen molar-refractivity contribution in [1.29, 1.82) is 0 Å². The third-order valence-corrected chi connectivity index (χ3v) is 4.03. The molecule has 2 N–H and O–H groups in total. The van der Waals surface area contributed by atoms with Gasteiger partial charge < -0.3 is 10.2 Å². The molecular formula is C9H14ClNO4S. The van der Waals surface area contributed by atoms with Gasteiger partial charge in [0, 0.05) is 17.7 Å². The number of hydrogen-bond donors (Lipinski definition) is 2. The van der Waals surface area contributed by atoms with Crippen molar-refractivity contribution in [2.45, 2.75) is 24.1 Å². The Balaban J connectivity index is 2.48. The normalized spacial score (nSPS) is 24.7. The molecule has 5 nitrogen and oxygen atoms in total.